The average Bonchev–Trinajstić information content (AvgIpc) is 3.44. The molecule has 5 aromatic heterocycles. The summed E-state index contributed by atoms with van der Waals surface area (Å²) in [6, 6.07) is 12.6. The molecule has 0 saturated carbocycles. The number of anilines is 1. The first-order chi connectivity index (χ1) is 17.1. The lowest BCUT2D eigenvalue weighted by Crippen LogP contribution is -2.35. The number of pyridine rings is 2. The van der Waals surface area contributed by atoms with Crippen LogP contribution >= 0.6 is 0 Å². The van der Waals surface area contributed by atoms with Crippen molar-refractivity contribution in [1.82, 2.24) is 34.0 Å². The molecule has 5 aromatic rings. The Hall–Kier alpha value is -3.82. The van der Waals surface area contributed by atoms with Crippen molar-refractivity contribution in [3.8, 4) is 11.4 Å². The third-order valence-corrected chi connectivity index (χ3v) is 6.80. The molecular formula is C26H28N8O. The van der Waals surface area contributed by atoms with Gasteiger partial charge in [0, 0.05) is 43.1 Å². The summed E-state index contributed by atoms with van der Waals surface area (Å²) in [6.07, 6.45) is 5.56. The number of hydrogen-bond acceptors (Lipinski definition) is 7. The second-order valence-corrected chi connectivity index (χ2v) is 9.05. The van der Waals surface area contributed by atoms with Gasteiger partial charge < -0.3 is 14.9 Å². The Bertz CT molecular complexity index is 1500. The highest BCUT2D eigenvalue weighted by atomic mass is 16.5. The smallest absolute Gasteiger partial charge is 0.164 e. The number of nitrogen functional groups attached to an aromatic ring is 1. The fourth-order valence-corrected chi connectivity index (χ4v) is 4.98. The number of fused-ring (bicyclic) bond motifs is 2. The minimum absolute atomic E-state index is 0.0924. The molecule has 178 valence electrons. The lowest BCUT2D eigenvalue weighted by molar-refractivity contribution is 0.0341. The maximum Gasteiger partial charge on any atom is 0.164 e. The van der Waals surface area contributed by atoms with Gasteiger partial charge in [-0.1, -0.05) is 12.1 Å². The van der Waals surface area contributed by atoms with Crippen LogP contribution in [-0.4, -0.2) is 60.3 Å². The number of aryl methyl sites for hydroxylation is 1. The Kier molecular flexibility index (Phi) is 5.43. The van der Waals surface area contributed by atoms with E-state index >= 15 is 0 Å². The minimum atomic E-state index is -0.0924. The molecule has 0 radical (unpaired) electrons. The molecule has 2 N–H and O–H groups in total. The molecule has 0 aliphatic carbocycles. The number of morpholine rings is 1. The molecule has 1 aliphatic rings. The molecule has 0 bridgehead atoms. The monoisotopic (exact) mass is 468 g/mol. The van der Waals surface area contributed by atoms with Crippen molar-refractivity contribution in [3.05, 3.63) is 71.9 Å². The first kappa shape index (κ1) is 21.7. The zero-order valence-corrected chi connectivity index (χ0v) is 19.9. The van der Waals surface area contributed by atoms with E-state index in [0.29, 0.717) is 5.82 Å². The van der Waals surface area contributed by atoms with E-state index in [1.54, 1.807) is 0 Å². The Morgan fingerprint density at radius 1 is 1.09 bits per heavy atom. The quantitative estimate of drug-likeness (QED) is 0.422. The first-order valence-electron chi connectivity index (χ1n) is 11.9. The van der Waals surface area contributed by atoms with Gasteiger partial charge in [-0.05, 0) is 43.7 Å². The van der Waals surface area contributed by atoms with E-state index in [1.807, 2.05) is 29.9 Å². The molecule has 0 spiro atoms. The SMILES string of the molecule is Cc1nn(C(C)c2cc3ccccn3c2-c2ccc(CN3CCOCC3)cn2)c2ncnc(N)c12. The van der Waals surface area contributed by atoms with E-state index in [9.17, 15) is 0 Å². The molecule has 6 rings (SSSR count). The number of aromatic nitrogens is 6. The molecule has 1 aliphatic heterocycles. The summed E-state index contributed by atoms with van der Waals surface area (Å²) in [4.78, 5) is 16.0. The largest absolute Gasteiger partial charge is 0.383 e. The second-order valence-electron chi connectivity index (χ2n) is 9.05. The summed E-state index contributed by atoms with van der Waals surface area (Å²) in [5.74, 6) is 0.450. The lowest BCUT2D eigenvalue weighted by atomic mass is 10.1. The van der Waals surface area contributed by atoms with Gasteiger partial charge in [0.1, 0.15) is 12.1 Å². The zero-order chi connectivity index (χ0) is 23.9. The maximum absolute atomic E-state index is 6.14. The highest BCUT2D eigenvalue weighted by Crippen LogP contribution is 2.34. The third-order valence-electron chi connectivity index (χ3n) is 6.80. The molecule has 35 heavy (non-hydrogen) atoms. The topological polar surface area (TPSA) is 99.4 Å². The molecule has 9 nitrogen and oxygen atoms in total. The lowest BCUT2D eigenvalue weighted by Gasteiger charge is -2.26. The van der Waals surface area contributed by atoms with Crippen LogP contribution < -0.4 is 5.73 Å². The molecule has 1 unspecified atom stereocenters. The summed E-state index contributed by atoms with van der Waals surface area (Å²) >= 11 is 0. The Labute approximate surface area is 203 Å². The summed E-state index contributed by atoms with van der Waals surface area (Å²) in [6.45, 7) is 8.46. The zero-order valence-electron chi connectivity index (χ0n) is 19.9. The summed E-state index contributed by atoms with van der Waals surface area (Å²) in [5.41, 5.74) is 13.1. The highest BCUT2D eigenvalue weighted by molar-refractivity contribution is 5.88. The van der Waals surface area contributed by atoms with Gasteiger partial charge in [0.15, 0.2) is 5.65 Å². The Balaban J connectivity index is 1.42. The summed E-state index contributed by atoms with van der Waals surface area (Å²) in [5, 5.41) is 5.60. The standard InChI is InChI=1S/C26H28N8O/c1-17-23-25(27)29-16-30-26(23)34(31-17)18(2)21-13-20-5-3-4-8-33(20)24(21)22-7-6-19(14-28-22)15-32-9-11-35-12-10-32/h3-8,13-14,16,18H,9-12,15H2,1-2H3,(H2,27,29,30). The third kappa shape index (κ3) is 3.82. The van der Waals surface area contributed by atoms with E-state index in [1.165, 1.54) is 11.9 Å². The number of nitrogens with two attached hydrogens (primary N) is 1. The number of ether oxygens (including phenoxy) is 1. The van der Waals surface area contributed by atoms with Crippen LogP contribution in [0.2, 0.25) is 0 Å². The number of hydrogen-bond donors (Lipinski definition) is 1. The molecule has 0 aromatic carbocycles. The van der Waals surface area contributed by atoms with Crippen LogP contribution in [0.4, 0.5) is 5.82 Å². The van der Waals surface area contributed by atoms with Crippen molar-refractivity contribution in [3.63, 3.8) is 0 Å². The van der Waals surface area contributed by atoms with Crippen LogP contribution in [0.1, 0.15) is 29.8 Å². The van der Waals surface area contributed by atoms with E-state index in [2.05, 4.69) is 56.7 Å². The van der Waals surface area contributed by atoms with E-state index < -0.39 is 0 Å². The Morgan fingerprint density at radius 3 is 2.74 bits per heavy atom. The van der Waals surface area contributed by atoms with Crippen LogP contribution in [0.15, 0.2) is 55.1 Å². The van der Waals surface area contributed by atoms with Gasteiger partial charge in [0.2, 0.25) is 0 Å². The van der Waals surface area contributed by atoms with Crippen molar-refractivity contribution in [1.29, 1.82) is 0 Å². The number of rotatable bonds is 5. The van der Waals surface area contributed by atoms with Crippen LogP contribution in [0.5, 0.6) is 0 Å². The van der Waals surface area contributed by atoms with Crippen molar-refractivity contribution >= 4 is 22.4 Å². The van der Waals surface area contributed by atoms with Gasteiger partial charge in [0.05, 0.1) is 41.7 Å². The molecule has 1 atom stereocenters. The van der Waals surface area contributed by atoms with E-state index in [4.69, 9.17) is 20.6 Å². The van der Waals surface area contributed by atoms with E-state index in [-0.39, 0.29) is 6.04 Å². The minimum Gasteiger partial charge on any atom is -0.383 e. The Morgan fingerprint density at radius 2 is 1.94 bits per heavy atom. The van der Waals surface area contributed by atoms with Gasteiger partial charge in [-0.15, -0.1) is 0 Å². The molecule has 0 amide bonds. The first-order valence-corrected chi connectivity index (χ1v) is 11.9. The van der Waals surface area contributed by atoms with Crippen LogP contribution in [-0.2, 0) is 11.3 Å². The van der Waals surface area contributed by atoms with Crippen LogP contribution in [0.3, 0.4) is 0 Å². The summed E-state index contributed by atoms with van der Waals surface area (Å²) < 4.78 is 9.60. The molecular weight excluding hydrogens is 440 g/mol. The molecule has 1 saturated heterocycles. The van der Waals surface area contributed by atoms with Gasteiger partial charge in [-0.25, -0.2) is 14.6 Å². The van der Waals surface area contributed by atoms with Crippen molar-refractivity contribution < 1.29 is 4.74 Å². The van der Waals surface area contributed by atoms with Gasteiger partial charge >= 0.3 is 0 Å². The van der Waals surface area contributed by atoms with Gasteiger partial charge in [0.25, 0.3) is 0 Å². The van der Waals surface area contributed by atoms with Crippen LogP contribution in [0.25, 0.3) is 27.9 Å². The van der Waals surface area contributed by atoms with Crippen molar-refractivity contribution in [2.24, 2.45) is 0 Å². The fourth-order valence-electron chi connectivity index (χ4n) is 4.98. The number of nitrogens with zero attached hydrogens (tertiary/aromatic N) is 7. The summed E-state index contributed by atoms with van der Waals surface area (Å²) in [7, 11) is 0. The highest BCUT2D eigenvalue weighted by Gasteiger charge is 2.23. The molecule has 9 heteroatoms. The predicted molar refractivity (Wildman–Crippen MR) is 135 cm³/mol. The average molecular weight is 469 g/mol. The normalized spacial score (nSPS) is 15.7. The van der Waals surface area contributed by atoms with Crippen molar-refractivity contribution in [2.75, 3.05) is 32.0 Å². The van der Waals surface area contributed by atoms with Gasteiger partial charge in [-0.3, -0.25) is 9.88 Å². The van der Waals surface area contributed by atoms with Gasteiger partial charge in [-0.2, -0.15) is 5.10 Å². The fraction of sp³-hybridized carbons (Fsp3) is 0.308. The van der Waals surface area contributed by atoms with E-state index in [0.717, 1.165) is 72.0 Å². The molecule has 6 heterocycles. The van der Waals surface area contributed by atoms with Crippen LogP contribution in [0, 0.1) is 6.92 Å². The second kappa shape index (κ2) is 8.75. The maximum atomic E-state index is 6.14. The van der Waals surface area contributed by atoms with Crippen molar-refractivity contribution in [2.45, 2.75) is 26.4 Å². The predicted octanol–water partition coefficient (Wildman–Crippen LogP) is 3.47. The molecule has 1 fully saturated rings.